The molecular formula is C14H20N2OS. The summed E-state index contributed by atoms with van der Waals surface area (Å²) in [6, 6.07) is 6.21. The highest BCUT2D eigenvalue weighted by atomic mass is 32.1. The second-order valence-electron chi connectivity index (χ2n) is 5.05. The van der Waals surface area contributed by atoms with Crippen molar-refractivity contribution in [3.8, 4) is 0 Å². The van der Waals surface area contributed by atoms with Gasteiger partial charge in [0.2, 0.25) is 0 Å². The Hall–Kier alpha value is -1.13. The van der Waals surface area contributed by atoms with Gasteiger partial charge in [0, 0.05) is 24.3 Å². The Morgan fingerprint density at radius 3 is 2.50 bits per heavy atom. The fourth-order valence-corrected chi connectivity index (χ4v) is 2.66. The Balaban J connectivity index is 2.36. The molecule has 0 amide bonds. The predicted octanol–water partition coefficient (Wildman–Crippen LogP) is 2.24. The molecule has 2 N–H and O–H groups in total. The molecule has 0 bridgehead atoms. The van der Waals surface area contributed by atoms with Crippen molar-refractivity contribution in [3.63, 3.8) is 0 Å². The monoisotopic (exact) mass is 264 g/mol. The van der Waals surface area contributed by atoms with E-state index in [9.17, 15) is 0 Å². The molecule has 3 nitrogen and oxygen atoms in total. The van der Waals surface area contributed by atoms with Gasteiger partial charge < -0.3 is 15.4 Å². The molecular weight excluding hydrogens is 244 g/mol. The molecule has 4 heteroatoms. The molecule has 1 aliphatic heterocycles. The van der Waals surface area contributed by atoms with Gasteiger partial charge in [-0.2, -0.15) is 0 Å². The number of benzene rings is 1. The molecule has 98 valence electrons. The van der Waals surface area contributed by atoms with E-state index in [2.05, 4.69) is 31.7 Å². The van der Waals surface area contributed by atoms with E-state index in [-0.39, 0.29) is 12.2 Å². The van der Waals surface area contributed by atoms with Crippen molar-refractivity contribution in [3.05, 3.63) is 29.3 Å². The Kier molecular flexibility index (Phi) is 3.88. The molecule has 1 aromatic rings. The van der Waals surface area contributed by atoms with Crippen LogP contribution < -0.4 is 10.6 Å². The Labute approximate surface area is 114 Å². The van der Waals surface area contributed by atoms with Crippen molar-refractivity contribution >= 4 is 22.9 Å². The average Bonchev–Trinajstić information content (AvgIpc) is 2.27. The third-order valence-electron chi connectivity index (χ3n) is 3.18. The summed E-state index contributed by atoms with van der Waals surface area (Å²) in [4.78, 5) is 2.78. The fraction of sp³-hybridized carbons (Fsp3) is 0.500. The van der Waals surface area contributed by atoms with Gasteiger partial charge in [-0.25, -0.2) is 0 Å². The number of thiocarbonyl (C=S) groups is 1. The highest BCUT2D eigenvalue weighted by Crippen LogP contribution is 2.25. The third-order valence-corrected chi connectivity index (χ3v) is 3.40. The molecule has 1 aliphatic rings. The molecule has 1 heterocycles. The van der Waals surface area contributed by atoms with Gasteiger partial charge in [0.15, 0.2) is 0 Å². The molecule has 0 saturated carbocycles. The molecule has 0 aromatic heterocycles. The van der Waals surface area contributed by atoms with Gasteiger partial charge in [0.25, 0.3) is 0 Å². The van der Waals surface area contributed by atoms with Gasteiger partial charge in [0.05, 0.1) is 12.2 Å². The van der Waals surface area contributed by atoms with E-state index >= 15 is 0 Å². The summed E-state index contributed by atoms with van der Waals surface area (Å²) in [6.45, 7) is 8.03. The number of morpholine rings is 1. The topological polar surface area (TPSA) is 38.5 Å². The summed E-state index contributed by atoms with van der Waals surface area (Å²) < 4.78 is 5.76. The van der Waals surface area contributed by atoms with Crippen LogP contribution >= 0.6 is 12.2 Å². The van der Waals surface area contributed by atoms with E-state index in [0.29, 0.717) is 4.99 Å². The van der Waals surface area contributed by atoms with Crippen LogP contribution in [0.2, 0.25) is 0 Å². The molecule has 0 spiro atoms. The predicted molar refractivity (Wildman–Crippen MR) is 79.3 cm³/mol. The molecule has 1 aromatic carbocycles. The first-order valence-corrected chi connectivity index (χ1v) is 6.69. The number of hydrogen-bond acceptors (Lipinski definition) is 3. The lowest BCUT2D eigenvalue weighted by Crippen LogP contribution is -2.46. The summed E-state index contributed by atoms with van der Waals surface area (Å²) >= 11 is 5.14. The zero-order valence-electron chi connectivity index (χ0n) is 11.1. The molecule has 0 unspecified atom stereocenters. The van der Waals surface area contributed by atoms with Crippen molar-refractivity contribution in [2.24, 2.45) is 5.73 Å². The minimum Gasteiger partial charge on any atom is -0.389 e. The minimum atomic E-state index is 0.230. The van der Waals surface area contributed by atoms with Crippen LogP contribution in [0.3, 0.4) is 0 Å². The summed E-state index contributed by atoms with van der Waals surface area (Å²) in [5.41, 5.74) is 9.12. The van der Waals surface area contributed by atoms with Crippen molar-refractivity contribution in [2.45, 2.75) is 33.0 Å². The molecule has 2 atom stereocenters. The minimum absolute atomic E-state index is 0.230. The third kappa shape index (κ3) is 2.82. The Morgan fingerprint density at radius 2 is 1.94 bits per heavy atom. The molecule has 0 aliphatic carbocycles. The van der Waals surface area contributed by atoms with E-state index < -0.39 is 0 Å². The van der Waals surface area contributed by atoms with Crippen LogP contribution in [-0.2, 0) is 4.74 Å². The van der Waals surface area contributed by atoms with Crippen LogP contribution in [0.15, 0.2) is 18.2 Å². The van der Waals surface area contributed by atoms with Crippen molar-refractivity contribution in [1.29, 1.82) is 0 Å². The van der Waals surface area contributed by atoms with Crippen LogP contribution in [0.4, 0.5) is 5.69 Å². The van der Waals surface area contributed by atoms with Gasteiger partial charge in [0.1, 0.15) is 4.99 Å². The standard InChI is InChI=1S/C14H20N2OS/c1-9-4-5-12(14(15)18)13(6-9)16-7-10(2)17-11(3)8-16/h4-6,10-11H,7-8H2,1-3H3,(H2,15,18)/t10-,11+. The van der Waals surface area contributed by atoms with E-state index in [1.165, 1.54) is 5.56 Å². The number of hydrogen-bond donors (Lipinski definition) is 1. The first kappa shape index (κ1) is 13.3. The maximum Gasteiger partial charge on any atom is 0.106 e. The molecule has 1 fully saturated rings. The van der Waals surface area contributed by atoms with Crippen molar-refractivity contribution in [1.82, 2.24) is 0 Å². The normalized spacial score (nSPS) is 24.1. The van der Waals surface area contributed by atoms with Crippen LogP contribution in [-0.4, -0.2) is 30.3 Å². The van der Waals surface area contributed by atoms with Crippen LogP contribution in [0.5, 0.6) is 0 Å². The van der Waals surface area contributed by atoms with Crippen molar-refractivity contribution < 1.29 is 4.74 Å². The van der Waals surface area contributed by atoms with E-state index in [1.807, 2.05) is 12.1 Å². The van der Waals surface area contributed by atoms with Gasteiger partial charge in [-0.1, -0.05) is 18.3 Å². The lowest BCUT2D eigenvalue weighted by Gasteiger charge is -2.37. The lowest BCUT2D eigenvalue weighted by atomic mass is 10.1. The fourth-order valence-electron chi connectivity index (χ4n) is 2.49. The van der Waals surface area contributed by atoms with Crippen LogP contribution in [0.25, 0.3) is 0 Å². The number of aryl methyl sites for hydroxylation is 1. The SMILES string of the molecule is Cc1ccc(C(N)=S)c(N2C[C@@H](C)O[C@@H](C)C2)c1. The Bertz CT molecular complexity index is 451. The van der Waals surface area contributed by atoms with E-state index in [1.54, 1.807) is 0 Å². The summed E-state index contributed by atoms with van der Waals surface area (Å²) in [6.07, 6.45) is 0.460. The summed E-state index contributed by atoms with van der Waals surface area (Å²) in [5, 5.41) is 0. The highest BCUT2D eigenvalue weighted by molar-refractivity contribution is 7.80. The van der Waals surface area contributed by atoms with Gasteiger partial charge >= 0.3 is 0 Å². The average molecular weight is 264 g/mol. The second-order valence-corrected chi connectivity index (χ2v) is 5.49. The van der Waals surface area contributed by atoms with E-state index in [4.69, 9.17) is 22.7 Å². The zero-order chi connectivity index (χ0) is 13.3. The molecule has 0 radical (unpaired) electrons. The number of nitrogens with two attached hydrogens (primary N) is 1. The number of rotatable bonds is 2. The van der Waals surface area contributed by atoms with Crippen LogP contribution in [0.1, 0.15) is 25.0 Å². The first-order chi connectivity index (χ1) is 8.47. The first-order valence-electron chi connectivity index (χ1n) is 6.28. The number of nitrogens with zero attached hydrogens (tertiary/aromatic N) is 1. The molecule has 18 heavy (non-hydrogen) atoms. The number of anilines is 1. The maximum absolute atomic E-state index is 5.81. The largest absolute Gasteiger partial charge is 0.389 e. The van der Waals surface area contributed by atoms with Crippen LogP contribution in [0, 0.1) is 6.92 Å². The second kappa shape index (κ2) is 5.24. The Morgan fingerprint density at radius 1 is 1.33 bits per heavy atom. The van der Waals surface area contributed by atoms with E-state index in [0.717, 1.165) is 24.3 Å². The maximum atomic E-state index is 5.81. The zero-order valence-corrected chi connectivity index (χ0v) is 12.0. The summed E-state index contributed by atoms with van der Waals surface area (Å²) in [5.74, 6) is 0. The molecule has 1 saturated heterocycles. The number of ether oxygens (including phenoxy) is 1. The van der Waals surface area contributed by atoms with Gasteiger partial charge in [-0.15, -0.1) is 0 Å². The smallest absolute Gasteiger partial charge is 0.106 e. The van der Waals surface area contributed by atoms with Gasteiger partial charge in [-0.05, 0) is 38.5 Å². The molecule has 2 rings (SSSR count). The lowest BCUT2D eigenvalue weighted by molar-refractivity contribution is -0.00522. The van der Waals surface area contributed by atoms with Gasteiger partial charge in [-0.3, -0.25) is 0 Å². The summed E-state index contributed by atoms with van der Waals surface area (Å²) in [7, 11) is 0. The highest BCUT2D eigenvalue weighted by Gasteiger charge is 2.24. The quantitative estimate of drug-likeness (QED) is 0.832. The van der Waals surface area contributed by atoms with Crippen molar-refractivity contribution in [2.75, 3.05) is 18.0 Å².